The summed E-state index contributed by atoms with van der Waals surface area (Å²) in [6.45, 7) is 1.17. The van der Waals surface area contributed by atoms with E-state index in [1.54, 1.807) is 0 Å². The number of ether oxygens (including phenoxy) is 1. The molecule has 2 unspecified atom stereocenters. The van der Waals surface area contributed by atoms with Gasteiger partial charge in [0.1, 0.15) is 0 Å². The number of benzene rings is 1. The predicted molar refractivity (Wildman–Crippen MR) is 68.1 cm³/mol. The molecule has 0 amide bonds. The van der Waals surface area contributed by atoms with E-state index in [4.69, 9.17) is 4.74 Å². The molecule has 1 aromatic rings. The quantitative estimate of drug-likeness (QED) is 0.913. The maximum Gasteiger partial charge on any atom is 0.307 e. The minimum Gasteiger partial charge on any atom is -0.481 e. The van der Waals surface area contributed by atoms with Gasteiger partial charge < -0.3 is 9.84 Å². The van der Waals surface area contributed by atoms with Gasteiger partial charge in [0.25, 0.3) is 0 Å². The van der Waals surface area contributed by atoms with Gasteiger partial charge in [-0.25, -0.2) is 0 Å². The van der Waals surface area contributed by atoms with Crippen molar-refractivity contribution in [3.8, 4) is 0 Å². The monoisotopic (exact) mass is 298 g/mol. The largest absolute Gasteiger partial charge is 0.481 e. The molecule has 1 fully saturated rings. The van der Waals surface area contributed by atoms with E-state index in [0.717, 1.165) is 16.5 Å². The van der Waals surface area contributed by atoms with Gasteiger partial charge in [-0.2, -0.15) is 0 Å². The summed E-state index contributed by atoms with van der Waals surface area (Å²) in [5.41, 5.74) is 1.07. The third-order valence-electron chi connectivity index (χ3n) is 3.25. The zero-order chi connectivity index (χ0) is 12.3. The zero-order valence-electron chi connectivity index (χ0n) is 9.43. The summed E-state index contributed by atoms with van der Waals surface area (Å²) >= 11 is 3.50. The SMILES string of the molecule is O=C(O)C1CCOCCC1c1ccccc1Br. The summed E-state index contributed by atoms with van der Waals surface area (Å²) in [7, 11) is 0. The lowest BCUT2D eigenvalue weighted by molar-refractivity contribution is -0.142. The molecule has 0 saturated carbocycles. The van der Waals surface area contributed by atoms with Crippen molar-refractivity contribution in [2.24, 2.45) is 5.92 Å². The Morgan fingerprint density at radius 3 is 2.71 bits per heavy atom. The Kier molecular flexibility index (Phi) is 4.18. The Balaban J connectivity index is 2.32. The fourth-order valence-corrected chi connectivity index (χ4v) is 2.95. The fraction of sp³-hybridized carbons (Fsp3) is 0.462. The second-order valence-corrected chi connectivity index (χ2v) is 5.12. The number of rotatable bonds is 2. The third kappa shape index (κ3) is 2.87. The van der Waals surface area contributed by atoms with Crippen LogP contribution in [0.1, 0.15) is 24.3 Å². The molecule has 2 rings (SSSR count). The number of carboxylic acids is 1. The fourth-order valence-electron chi connectivity index (χ4n) is 2.37. The second kappa shape index (κ2) is 5.65. The van der Waals surface area contributed by atoms with Crippen molar-refractivity contribution < 1.29 is 14.6 Å². The van der Waals surface area contributed by atoms with Gasteiger partial charge in [-0.15, -0.1) is 0 Å². The summed E-state index contributed by atoms with van der Waals surface area (Å²) in [4.78, 5) is 11.3. The topological polar surface area (TPSA) is 46.5 Å². The Morgan fingerprint density at radius 1 is 1.29 bits per heavy atom. The maximum atomic E-state index is 11.3. The lowest BCUT2D eigenvalue weighted by atomic mass is 9.82. The van der Waals surface area contributed by atoms with E-state index in [0.29, 0.717) is 19.6 Å². The van der Waals surface area contributed by atoms with Crippen LogP contribution in [0.3, 0.4) is 0 Å². The first-order valence-corrected chi connectivity index (χ1v) is 6.54. The van der Waals surface area contributed by atoms with Crippen molar-refractivity contribution >= 4 is 21.9 Å². The molecule has 1 aliphatic heterocycles. The number of hydrogen-bond donors (Lipinski definition) is 1. The van der Waals surface area contributed by atoms with E-state index in [9.17, 15) is 9.90 Å². The van der Waals surface area contributed by atoms with Crippen LogP contribution in [0.2, 0.25) is 0 Å². The molecular weight excluding hydrogens is 284 g/mol. The molecular formula is C13H15BrO3. The van der Waals surface area contributed by atoms with Gasteiger partial charge in [0, 0.05) is 23.6 Å². The van der Waals surface area contributed by atoms with Crippen LogP contribution in [0.25, 0.3) is 0 Å². The molecule has 4 heteroatoms. The van der Waals surface area contributed by atoms with Crippen molar-refractivity contribution in [1.82, 2.24) is 0 Å². The minimum atomic E-state index is -0.726. The van der Waals surface area contributed by atoms with Crippen LogP contribution < -0.4 is 0 Å². The predicted octanol–water partition coefficient (Wildman–Crippen LogP) is 3.04. The highest BCUT2D eigenvalue weighted by Gasteiger charge is 2.31. The number of carboxylic acid groups (broad SMARTS) is 1. The van der Waals surface area contributed by atoms with Gasteiger partial charge in [0.15, 0.2) is 0 Å². The molecule has 3 nitrogen and oxygen atoms in total. The molecule has 0 aliphatic carbocycles. The summed E-state index contributed by atoms with van der Waals surface area (Å²) in [6.07, 6.45) is 1.35. The van der Waals surface area contributed by atoms with Crippen LogP contribution in [-0.4, -0.2) is 24.3 Å². The Hall–Kier alpha value is -0.870. The van der Waals surface area contributed by atoms with Crippen LogP contribution in [0.5, 0.6) is 0 Å². The number of aliphatic carboxylic acids is 1. The Labute approximate surface area is 109 Å². The van der Waals surface area contributed by atoms with Gasteiger partial charge in [-0.05, 0) is 24.5 Å². The zero-order valence-corrected chi connectivity index (χ0v) is 11.0. The van der Waals surface area contributed by atoms with Gasteiger partial charge in [-0.1, -0.05) is 34.1 Å². The molecule has 0 aromatic heterocycles. The molecule has 0 spiro atoms. The first kappa shape index (κ1) is 12.6. The average molecular weight is 299 g/mol. The molecule has 1 aliphatic rings. The standard InChI is InChI=1S/C13H15BrO3/c14-12-4-2-1-3-10(12)9-5-7-17-8-6-11(9)13(15)16/h1-4,9,11H,5-8H2,(H,15,16). The first-order chi connectivity index (χ1) is 8.20. The molecule has 1 aromatic carbocycles. The van der Waals surface area contributed by atoms with E-state index in [-0.39, 0.29) is 11.8 Å². The van der Waals surface area contributed by atoms with Crippen LogP contribution >= 0.6 is 15.9 Å². The molecule has 1 N–H and O–H groups in total. The number of carbonyl (C=O) groups is 1. The molecule has 1 heterocycles. The highest BCUT2D eigenvalue weighted by atomic mass is 79.9. The minimum absolute atomic E-state index is 0.0329. The van der Waals surface area contributed by atoms with Crippen molar-refractivity contribution in [3.05, 3.63) is 34.3 Å². The molecule has 0 bridgehead atoms. The van der Waals surface area contributed by atoms with E-state index in [1.807, 2.05) is 24.3 Å². The van der Waals surface area contributed by atoms with E-state index >= 15 is 0 Å². The Morgan fingerprint density at radius 2 is 2.00 bits per heavy atom. The van der Waals surface area contributed by atoms with E-state index in [2.05, 4.69) is 15.9 Å². The van der Waals surface area contributed by atoms with Crippen molar-refractivity contribution in [1.29, 1.82) is 0 Å². The van der Waals surface area contributed by atoms with E-state index in [1.165, 1.54) is 0 Å². The summed E-state index contributed by atoms with van der Waals surface area (Å²) < 4.78 is 6.37. The lowest BCUT2D eigenvalue weighted by Gasteiger charge is -2.22. The molecule has 92 valence electrons. The summed E-state index contributed by atoms with van der Waals surface area (Å²) in [5.74, 6) is -1.04. The van der Waals surface area contributed by atoms with Crippen LogP contribution in [0, 0.1) is 5.92 Å². The van der Waals surface area contributed by atoms with E-state index < -0.39 is 5.97 Å². The van der Waals surface area contributed by atoms with Crippen molar-refractivity contribution in [2.45, 2.75) is 18.8 Å². The first-order valence-electron chi connectivity index (χ1n) is 5.75. The number of halogens is 1. The molecule has 2 atom stereocenters. The normalized spacial score (nSPS) is 25.2. The van der Waals surface area contributed by atoms with Gasteiger partial charge >= 0.3 is 5.97 Å². The molecule has 17 heavy (non-hydrogen) atoms. The lowest BCUT2D eigenvalue weighted by Crippen LogP contribution is -2.22. The molecule has 1 saturated heterocycles. The number of hydrogen-bond acceptors (Lipinski definition) is 2. The van der Waals surface area contributed by atoms with Crippen LogP contribution in [0.15, 0.2) is 28.7 Å². The third-order valence-corrected chi connectivity index (χ3v) is 3.98. The Bertz CT molecular complexity index is 405. The van der Waals surface area contributed by atoms with Crippen LogP contribution in [-0.2, 0) is 9.53 Å². The van der Waals surface area contributed by atoms with Crippen molar-refractivity contribution in [3.63, 3.8) is 0 Å². The van der Waals surface area contributed by atoms with Gasteiger partial charge in [0.05, 0.1) is 5.92 Å². The van der Waals surface area contributed by atoms with Gasteiger partial charge in [0.2, 0.25) is 0 Å². The summed E-state index contributed by atoms with van der Waals surface area (Å²) in [5, 5.41) is 9.32. The van der Waals surface area contributed by atoms with Crippen molar-refractivity contribution in [2.75, 3.05) is 13.2 Å². The highest BCUT2D eigenvalue weighted by Crippen LogP contribution is 2.36. The smallest absolute Gasteiger partial charge is 0.307 e. The highest BCUT2D eigenvalue weighted by molar-refractivity contribution is 9.10. The molecule has 0 radical (unpaired) electrons. The average Bonchev–Trinajstić information content (AvgIpc) is 2.55. The van der Waals surface area contributed by atoms with Gasteiger partial charge in [-0.3, -0.25) is 4.79 Å². The maximum absolute atomic E-state index is 11.3. The summed E-state index contributed by atoms with van der Waals surface area (Å²) in [6, 6.07) is 7.84. The van der Waals surface area contributed by atoms with Crippen LogP contribution in [0.4, 0.5) is 0 Å². The second-order valence-electron chi connectivity index (χ2n) is 4.26.